The highest BCUT2D eigenvalue weighted by Crippen LogP contribution is 2.24. The molecule has 6 nitrogen and oxygen atoms in total. The molecule has 0 heterocycles. The molecule has 0 aliphatic rings. The Bertz CT molecular complexity index is 767. The number of carbonyl (C=O) groups is 2. The third-order valence-electron chi connectivity index (χ3n) is 3.53. The number of para-hydroxylation sites is 2. The molecule has 0 unspecified atom stereocenters. The Kier molecular flexibility index (Phi) is 7.44. The molecule has 2 aromatic rings. The lowest BCUT2D eigenvalue weighted by molar-refractivity contribution is -0.122. The van der Waals surface area contributed by atoms with Crippen molar-refractivity contribution in [2.24, 2.45) is 0 Å². The molecule has 2 N–H and O–H groups in total. The van der Waals surface area contributed by atoms with Crippen molar-refractivity contribution >= 4 is 29.1 Å². The first-order chi connectivity index (χ1) is 12.5. The lowest BCUT2D eigenvalue weighted by atomic mass is 10.1. The topological polar surface area (TPSA) is 76.7 Å². The first-order valence-corrected chi connectivity index (χ1v) is 8.49. The molecule has 0 aromatic heterocycles. The van der Waals surface area contributed by atoms with Crippen molar-refractivity contribution in [3.05, 3.63) is 59.1 Å². The molecule has 0 spiro atoms. The van der Waals surface area contributed by atoms with Crippen molar-refractivity contribution in [2.75, 3.05) is 25.6 Å². The maximum atomic E-state index is 12.4. The van der Waals surface area contributed by atoms with Crippen LogP contribution in [0.25, 0.3) is 0 Å². The van der Waals surface area contributed by atoms with Gasteiger partial charge >= 0.3 is 0 Å². The maximum absolute atomic E-state index is 12.4. The molecule has 1 atom stereocenters. The Labute approximate surface area is 157 Å². The van der Waals surface area contributed by atoms with Gasteiger partial charge in [-0.15, -0.1) is 0 Å². The van der Waals surface area contributed by atoms with Crippen molar-refractivity contribution in [3.8, 4) is 5.75 Å². The van der Waals surface area contributed by atoms with Crippen LogP contribution in [-0.4, -0.2) is 38.2 Å². The molecular weight excluding hydrogens is 356 g/mol. The summed E-state index contributed by atoms with van der Waals surface area (Å²) in [5, 5.41) is 5.87. The Balaban J connectivity index is 2.04. The summed E-state index contributed by atoms with van der Waals surface area (Å²) in [7, 11) is 1.56. The van der Waals surface area contributed by atoms with Gasteiger partial charge in [-0.25, -0.2) is 0 Å². The molecule has 0 bridgehead atoms. The zero-order chi connectivity index (χ0) is 18.9. The van der Waals surface area contributed by atoms with Gasteiger partial charge in [0.15, 0.2) is 6.10 Å². The average Bonchev–Trinajstić information content (AvgIpc) is 2.64. The van der Waals surface area contributed by atoms with E-state index in [0.717, 1.165) is 0 Å². The molecule has 2 rings (SSSR count). The van der Waals surface area contributed by atoms with Crippen molar-refractivity contribution < 1.29 is 19.1 Å². The number of hydrogen-bond donors (Lipinski definition) is 2. The summed E-state index contributed by atoms with van der Waals surface area (Å²) in [6.45, 7) is 2.40. The quantitative estimate of drug-likeness (QED) is 0.694. The lowest BCUT2D eigenvalue weighted by Gasteiger charge is -2.17. The minimum absolute atomic E-state index is 0.294. The minimum atomic E-state index is -0.792. The van der Waals surface area contributed by atoms with E-state index in [-0.39, 0.29) is 11.8 Å². The van der Waals surface area contributed by atoms with Gasteiger partial charge in [-0.3, -0.25) is 9.59 Å². The van der Waals surface area contributed by atoms with E-state index in [4.69, 9.17) is 21.1 Å². The summed E-state index contributed by atoms with van der Waals surface area (Å²) in [5.41, 5.74) is 0.768. The van der Waals surface area contributed by atoms with Gasteiger partial charge in [0.05, 0.1) is 22.9 Å². The molecule has 26 heavy (non-hydrogen) atoms. The van der Waals surface area contributed by atoms with Crippen LogP contribution in [-0.2, 0) is 9.53 Å². The van der Waals surface area contributed by atoms with Crippen LogP contribution < -0.4 is 15.4 Å². The first kappa shape index (κ1) is 19.8. The van der Waals surface area contributed by atoms with E-state index < -0.39 is 6.10 Å². The highest BCUT2D eigenvalue weighted by molar-refractivity contribution is 6.32. The van der Waals surface area contributed by atoms with E-state index in [2.05, 4.69) is 10.6 Å². The molecule has 0 fully saturated rings. The second-order valence-electron chi connectivity index (χ2n) is 5.47. The Morgan fingerprint density at radius 2 is 1.81 bits per heavy atom. The van der Waals surface area contributed by atoms with Gasteiger partial charge < -0.3 is 20.1 Å². The number of hydrogen-bond acceptors (Lipinski definition) is 4. The smallest absolute Gasteiger partial charge is 0.265 e. The highest BCUT2D eigenvalue weighted by atomic mass is 35.5. The predicted octanol–water partition coefficient (Wildman–Crippen LogP) is 3.12. The maximum Gasteiger partial charge on any atom is 0.265 e. The predicted molar refractivity (Wildman–Crippen MR) is 101 cm³/mol. The van der Waals surface area contributed by atoms with E-state index in [1.54, 1.807) is 62.6 Å². The van der Waals surface area contributed by atoms with Gasteiger partial charge in [-0.05, 0) is 31.2 Å². The zero-order valence-electron chi connectivity index (χ0n) is 14.6. The fraction of sp³-hybridized carbons (Fsp3) is 0.263. The van der Waals surface area contributed by atoms with Crippen molar-refractivity contribution in [2.45, 2.75) is 13.0 Å². The van der Waals surface area contributed by atoms with Crippen LogP contribution in [0.2, 0.25) is 5.02 Å². The van der Waals surface area contributed by atoms with Gasteiger partial charge in [0.25, 0.3) is 11.8 Å². The van der Waals surface area contributed by atoms with Crippen LogP contribution in [0.1, 0.15) is 17.3 Å². The van der Waals surface area contributed by atoms with Crippen molar-refractivity contribution in [1.82, 2.24) is 5.32 Å². The first-order valence-electron chi connectivity index (χ1n) is 8.11. The second-order valence-corrected chi connectivity index (χ2v) is 5.88. The molecule has 0 aliphatic heterocycles. The third kappa shape index (κ3) is 5.47. The summed E-state index contributed by atoms with van der Waals surface area (Å²) < 4.78 is 10.5. The van der Waals surface area contributed by atoms with Crippen molar-refractivity contribution in [3.63, 3.8) is 0 Å². The largest absolute Gasteiger partial charge is 0.479 e. The molecule has 0 aliphatic carbocycles. The number of halogens is 1. The summed E-state index contributed by atoms with van der Waals surface area (Å²) in [4.78, 5) is 24.7. The summed E-state index contributed by atoms with van der Waals surface area (Å²) >= 11 is 6.04. The molecule has 0 radical (unpaired) electrons. The Hall–Kier alpha value is -2.57. The normalized spacial score (nSPS) is 11.5. The fourth-order valence-corrected chi connectivity index (χ4v) is 2.35. The van der Waals surface area contributed by atoms with E-state index in [1.807, 2.05) is 0 Å². The Morgan fingerprint density at radius 3 is 2.54 bits per heavy atom. The van der Waals surface area contributed by atoms with Gasteiger partial charge in [-0.2, -0.15) is 0 Å². The summed E-state index contributed by atoms with van der Waals surface area (Å²) in [6, 6.07) is 13.7. The van der Waals surface area contributed by atoms with Crippen LogP contribution in [0.5, 0.6) is 5.75 Å². The standard InChI is InChI=1S/C19H21ClN2O4/c1-13(26-17-10-6-4-8-15(17)20)18(23)22-16-9-5-3-7-14(16)19(24)21-11-12-25-2/h3-10,13H,11-12H2,1-2H3,(H,21,24)(H,22,23)/t13-/m0/s1. The molecule has 0 saturated carbocycles. The lowest BCUT2D eigenvalue weighted by Crippen LogP contribution is -2.32. The molecule has 0 saturated heterocycles. The zero-order valence-corrected chi connectivity index (χ0v) is 15.4. The second kappa shape index (κ2) is 9.79. The number of benzene rings is 2. The molecule has 2 amide bonds. The molecule has 138 valence electrons. The average molecular weight is 377 g/mol. The van der Waals surface area contributed by atoms with E-state index in [0.29, 0.717) is 35.2 Å². The van der Waals surface area contributed by atoms with Gasteiger partial charge in [-0.1, -0.05) is 35.9 Å². The van der Waals surface area contributed by atoms with Gasteiger partial charge in [0.2, 0.25) is 0 Å². The molecule has 7 heteroatoms. The van der Waals surface area contributed by atoms with Crippen LogP contribution >= 0.6 is 11.6 Å². The van der Waals surface area contributed by atoms with Gasteiger partial charge in [0.1, 0.15) is 5.75 Å². The van der Waals surface area contributed by atoms with Crippen molar-refractivity contribution in [1.29, 1.82) is 0 Å². The summed E-state index contributed by atoms with van der Waals surface area (Å²) in [6.07, 6.45) is -0.792. The van der Waals surface area contributed by atoms with Gasteiger partial charge in [0, 0.05) is 13.7 Å². The molecular formula is C19H21ClN2O4. The number of rotatable bonds is 8. The Morgan fingerprint density at radius 1 is 1.12 bits per heavy atom. The SMILES string of the molecule is COCCNC(=O)c1ccccc1NC(=O)[C@H](C)Oc1ccccc1Cl. The number of carbonyl (C=O) groups excluding carboxylic acids is 2. The number of ether oxygens (including phenoxy) is 2. The fourth-order valence-electron chi connectivity index (χ4n) is 2.17. The van der Waals surface area contributed by atoms with Crippen LogP contribution in [0.4, 0.5) is 5.69 Å². The number of methoxy groups -OCH3 is 1. The van der Waals surface area contributed by atoms with Crippen LogP contribution in [0.15, 0.2) is 48.5 Å². The molecule has 2 aromatic carbocycles. The van der Waals surface area contributed by atoms with Crippen LogP contribution in [0.3, 0.4) is 0 Å². The monoisotopic (exact) mass is 376 g/mol. The third-order valence-corrected chi connectivity index (χ3v) is 3.84. The number of anilines is 1. The van der Waals surface area contributed by atoms with E-state index in [1.165, 1.54) is 0 Å². The number of nitrogens with one attached hydrogen (secondary N) is 2. The minimum Gasteiger partial charge on any atom is -0.479 e. The van der Waals surface area contributed by atoms with E-state index >= 15 is 0 Å². The van der Waals surface area contributed by atoms with E-state index in [9.17, 15) is 9.59 Å². The highest BCUT2D eigenvalue weighted by Gasteiger charge is 2.19. The summed E-state index contributed by atoms with van der Waals surface area (Å²) in [5.74, 6) is -0.262. The number of amides is 2. The van der Waals surface area contributed by atoms with Crippen LogP contribution in [0, 0.1) is 0 Å².